The van der Waals surface area contributed by atoms with Gasteiger partial charge in [0.05, 0.1) is 0 Å². The average molecular weight is 241 g/mol. The summed E-state index contributed by atoms with van der Waals surface area (Å²) in [6.07, 6.45) is 6.31. The second-order valence-electron chi connectivity index (χ2n) is 4.27. The predicted octanol–water partition coefficient (Wildman–Crippen LogP) is 3.68. The van der Waals surface area contributed by atoms with E-state index in [9.17, 15) is 0 Å². The smallest absolute Gasteiger partial charge is 0.0388 e. The topological polar surface area (TPSA) is 12.0 Å². The van der Waals surface area contributed by atoms with Gasteiger partial charge in [-0.25, -0.2) is 0 Å². The van der Waals surface area contributed by atoms with E-state index in [2.05, 4.69) is 36.0 Å². The van der Waals surface area contributed by atoms with Gasteiger partial charge in [-0.15, -0.1) is 11.3 Å². The minimum atomic E-state index is 0.524. The van der Waals surface area contributed by atoms with Gasteiger partial charge in [-0.1, -0.05) is 6.07 Å². The summed E-state index contributed by atoms with van der Waals surface area (Å²) in [7, 11) is 0. The first-order valence-corrected chi connectivity index (χ1v) is 7.78. The third kappa shape index (κ3) is 2.99. The highest BCUT2D eigenvalue weighted by Gasteiger charge is 2.25. The van der Waals surface area contributed by atoms with Crippen LogP contribution in [0.1, 0.15) is 37.1 Å². The van der Waals surface area contributed by atoms with Gasteiger partial charge in [-0.05, 0) is 43.9 Å². The van der Waals surface area contributed by atoms with Crippen LogP contribution in [0.5, 0.6) is 0 Å². The van der Waals surface area contributed by atoms with Crippen LogP contribution in [0.15, 0.2) is 17.5 Å². The number of hydrogen-bond acceptors (Lipinski definition) is 3. The molecule has 0 unspecified atom stereocenters. The van der Waals surface area contributed by atoms with Gasteiger partial charge in [0.2, 0.25) is 0 Å². The second kappa shape index (κ2) is 5.37. The Morgan fingerprint density at radius 3 is 3.00 bits per heavy atom. The molecule has 0 amide bonds. The zero-order chi connectivity index (χ0) is 10.7. The molecule has 1 aliphatic carbocycles. The van der Waals surface area contributed by atoms with Crippen LogP contribution >= 0.6 is 23.1 Å². The van der Waals surface area contributed by atoms with Crippen molar-refractivity contribution in [3.8, 4) is 0 Å². The Bertz CT molecular complexity index is 284. The van der Waals surface area contributed by atoms with E-state index in [0.29, 0.717) is 6.04 Å². The zero-order valence-electron chi connectivity index (χ0n) is 9.40. The molecule has 1 aromatic rings. The Kier molecular flexibility index (Phi) is 4.12. The van der Waals surface area contributed by atoms with Crippen LogP contribution < -0.4 is 5.32 Å². The summed E-state index contributed by atoms with van der Waals surface area (Å²) in [5.41, 5.74) is 0. The number of thioether (sulfide) groups is 1. The molecule has 0 aliphatic heterocycles. The molecular formula is C12H19NS2. The highest BCUT2D eigenvalue weighted by atomic mass is 32.2. The molecule has 3 atom stereocenters. The lowest BCUT2D eigenvalue weighted by Gasteiger charge is -2.18. The summed E-state index contributed by atoms with van der Waals surface area (Å²) in [5, 5.41) is 6.79. The maximum absolute atomic E-state index is 3.74. The zero-order valence-corrected chi connectivity index (χ0v) is 11.0. The number of hydrogen-bond donors (Lipinski definition) is 1. The molecule has 1 N–H and O–H groups in total. The molecule has 1 heterocycles. The molecule has 1 aliphatic rings. The Hall–Kier alpha value is 0.01000. The predicted molar refractivity (Wildman–Crippen MR) is 70.8 cm³/mol. The van der Waals surface area contributed by atoms with Crippen LogP contribution in [0.3, 0.4) is 0 Å². The molecule has 1 nitrogen and oxygen atoms in total. The molecule has 3 heteroatoms. The van der Waals surface area contributed by atoms with E-state index in [1.54, 1.807) is 0 Å². The van der Waals surface area contributed by atoms with Crippen LogP contribution in [0, 0.1) is 0 Å². The van der Waals surface area contributed by atoms with Gasteiger partial charge in [0.25, 0.3) is 0 Å². The van der Waals surface area contributed by atoms with Crippen molar-refractivity contribution >= 4 is 23.1 Å². The lowest BCUT2D eigenvalue weighted by molar-refractivity contribution is 0.466. The fraction of sp³-hybridized carbons (Fsp3) is 0.667. The highest BCUT2D eigenvalue weighted by Crippen LogP contribution is 2.30. The van der Waals surface area contributed by atoms with Gasteiger partial charge in [-0.2, -0.15) is 11.8 Å². The Morgan fingerprint density at radius 2 is 2.40 bits per heavy atom. The largest absolute Gasteiger partial charge is 0.307 e. The minimum absolute atomic E-state index is 0.524. The molecule has 2 rings (SSSR count). The molecule has 0 aromatic carbocycles. The highest BCUT2D eigenvalue weighted by molar-refractivity contribution is 7.99. The first-order chi connectivity index (χ1) is 7.29. The van der Waals surface area contributed by atoms with E-state index in [0.717, 1.165) is 11.3 Å². The third-order valence-electron chi connectivity index (χ3n) is 3.17. The molecule has 0 spiro atoms. The van der Waals surface area contributed by atoms with E-state index in [4.69, 9.17) is 0 Å². The molecule has 0 bridgehead atoms. The molecule has 84 valence electrons. The van der Waals surface area contributed by atoms with E-state index in [1.807, 2.05) is 23.1 Å². The Morgan fingerprint density at radius 1 is 1.53 bits per heavy atom. The molecule has 1 saturated carbocycles. The molecule has 15 heavy (non-hydrogen) atoms. The minimum Gasteiger partial charge on any atom is -0.307 e. The van der Waals surface area contributed by atoms with Crippen molar-refractivity contribution in [3.63, 3.8) is 0 Å². The summed E-state index contributed by atoms with van der Waals surface area (Å²) in [6, 6.07) is 5.62. The molecule has 1 aromatic heterocycles. The Balaban J connectivity index is 1.83. The van der Waals surface area contributed by atoms with Crippen molar-refractivity contribution in [2.24, 2.45) is 0 Å². The maximum Gasteiger partial charge on any atom is 0.0388 e. The Labute approximate surface area is 101 Å². The standard InChI is InChI=1S/C12H19NS2/c1-9(12-4-3-7-15-12)13-10-5-6-11(8-10)14-2/h3-4,7,9-11,13H,5-6,8H2,1-2H3/t9-,10+,11-/m0/s1. The van der Waals surface area contributed by atoms with Gasteiger partial charge in [0.1, 0.15) is 0 Å². The van der Waals surface area contributed by atoms with Gasteiger partial charge in [0, 0.05) is 22.2 Å². The van der Waals surface area contributed by atoms with E-state index >= 15 is 0 Å². The van der Waals surface area contributed by atoms with E-state index in [-0.39, 0.29) is 0 Å². The van der Waals surface area contributed by atoms with Crippen LogP contribution in [0.25, 0.3) is 0 Å². The summed E-state index contributed by atoms with van der Waals surface area (Å²) < 4.78 is 0. The third-order valence-corrected chi connectivity index (χ3v) is 5.32. The monoisotopic (exact) mass is 241 g/mol. The van der Waals surface area contributed by atoms with Crippen molar-refractivity contribution in [3.05, 3.63) is 22.4 Å². The van der Waals surface area contributed by atoms with Crippen molar-refractivity contribution in [1.29, 1.82) is 0 Å². The van der Waals surface area contributed by atoms with Gasteiger partial charge in [0.15, 0.2) is 0 Å². The fourth-order valence-corrected chi connectivity index (χ4v) is 3.82. The van der Waals surface area contributed by atoms with Gasteiger partial charge < -0.3 is 5.32 Å². The number of nitrogens with one attached hydrogen (secondary N) is 1. The summed E-state index contributed by atoms with van der Waals surface area (Å²) >= 11 is 3.88. The van der Waals surface area contributed by atoms with E-state index in [1.165, 1.54) is 24.1 Å². The van der Waals surface area contributed by atoms with Crippen molar-refractivity contribution < 1.29 is 0 Å². The first kappa shape index (κ1) is 11.5. The summed E-state index contributed by atoms with van der Waals surface area (Å²) in [6.45, 7) is 2.28. The van der Waals surface area contributed by atoms with Crippen LogP contribution in [-0.4, -0.2) is 17.5 Å². The SMILES string of the molecule is CS[C@H]1CC[C@@H](N[C@@H](C)c2cccs2)C1. The lowest BCUT2D eigenvalue weighted by atomic mass is 10.2. The second-order valence-corrected chi connectivity index (χ2v) is 6.39. The lowest BCUT2D eigenvalue weighted by Crippen LogP contribution is -2.29. The van der Waals surface area contributed by atoms with Crippen LogP contribution in [0.4, 0.5) is 0 Å². The number of rotatable bonds is 4. The summed E-state index contributed by atoms with van der Waals surface area (Å²) in [4.78, 5) is 1.46. The molecule has 0 saturated heterocycles. The van der Waals surface area contributed by atoms with Gasteiger partial charge in [-0.3, -0.25) is 0 Å². The average Bonchev–Trinajstić information content (AvgIpc) is 2.87. The first-order valence-electron chi connectivity index (χ1n) is 5.62. The van der Waals surface area contributed by atoms with Crippen molar-refractivity contribution in [2.45, 2.75) is 43.5 Å². The quantitative estimate of drug-likeness (QED) is 0.863. The van der Waals surface area contributed by atoms with Crippen molar-refractivity contribution in [2.75, 3.05) is 6.26 Å². The molecular weight excluding hydrogens is 222 g/mol. The summed E-state index contributed by atoms with van der Waals surface area (Å²) in [5.74, 6) is 0. The van der Waals surface area contributed by atoms with E-state index < -0.39 is 0 Å². The van der Waals surface area contributed by atoms with Gasteiger partial charge >= 0.3 is 0 Å². The molecule has 1 fully saturated rings. The fourth-order valence-electron chi connectivity index (χ4n) is 2.28. The molecule has 0 radical (unpaired) electrons. The van der Waals surface area contributed by atoms with Crippen molar-refractivity contribution in [1.82, 2.24) is 5.32 Å². The maximum atomic E-state index is 3.74. The van der Waals surface area contributed by atoms with Crippen LogP contribution in [0.2, 0.25) is 0 Å². The van der Waals surface area contributed by atoms with Crippen LogP contribution in [-0.2, 0) is 0 Å². The number of thiophene rings is 1. The normalized spacial score (nSPS) is 28.1.